The molecule has 5 nitrogen and oxygen atoms in total. The number of fused-ring (bicyclic) bond motifs is 5. The van der Waals surface area contributed by atoms with Crippen molar-refractivity contribution in [2.45, 2.75) is 75.5 Å². The van der Waals surface area contributed by atoms with Crippen LogP contribution >= 0.6 is 22.6 Å². The first kappa shape index (κ1) is 20.6. The Morgan fingerprint density at radius 3 is 2.47 bits per heavy atom. The Balaban J connectivity index is 1.42. The molecule has 5 fully saturated rings. The first-order valence-electron chi connectivity index (χ1n) is 11.7. The van der Waals surface area contributed by atoms with Crippen LogP contribution in [0.2, 0.25) is 0 Å². The van der Waals surface area contributed by atoms with Crippen LogP contribution in [0, 0.1) is 23.2 Å². The van der Waals surface area contributed by atoms with Gasteiger partial charge in [0, 0.05) is 24.7 Å². The average Bonchev–Trinajstić information content (AvgIpc) is 3.43. The van der Waals surface area contributed by atoms with Gasteiger partial charge >= 0.3 is 0 Å². The van der Waals surface area contributed by atoms with Gasteiger partial charge in [0.05, 0.1) is 32.0 Å². The van der Waals surface area contributed by atoms with E-state index in [1.165, 1.54) is 11.1 Å². The highest BCUT2D eigenvalue weighted by Crippen LogP contribution is 2.68. The molecular weight excluding hydrogens is 495 g/mol. The highest BCUT2D eigenvalue weighted by molar-refractivity contribution is 14.1. The minimum atomic E-state index is -0.782. The van der Waals surface area contributed by atoms with E-state index in [1.807, 2.05) is 0 Å². The second-order valence-corrected chi connectivity index (χ2v) is 11.3. The van der Waals surface area contributed by atoms with Gasteiger partial charge in [-0.05, 0) is 59.5 Å². The Morgan fingerprint density at radius 2 is 1.73 bits per heavy atom. The Bertz CT molecular complexity index is 780. The lowest BCUT2D eigenvalue weighted by atomic mass is 9.51. The fourth-order valence-corrected chi connectivity index (χ4v) is 8.72. The quantitative estimate of drug-likeness (QED) is 0.402. The molecule has 30 heavy (non-hydrogen) atoms. The zero-order valence-electron chi connectivity index (χ0n) is 17.8. The van der Waals surface area contributed by atoms with Crippen molar-refractivity contribution in [1.29, 1.82) is 0 Å². The van der Waals surface area contributed by atoms with Crippen LogP contribution in [0.15, 0.2) is 21.3 Å². The number of halogens is 1. The highest BCUT2D eigenvalue weighted by Gasteiger charge is 2.67. The van der Waals surface area contributed by atoms with Crippen molar-refractivity contribution in [1.82, 2.24) is 0 Å². The van der Waals surface area contributed by atoms with Crippen LogP contribution < -0.4 is 0 Å². The second kappa shape index (κ2) is 7.00. The van der Waals surface area contributed by atoms with E-state index in [1.54, 1.807) is 0 Å². The zero-order valence-corrected chi connectivity index (χ0v) is 20.0. The molecule has 3 saturated carbocycles. The minimum absolute atomic E-state index is 0.0298. The maximum atomic E-state index is 11.9. The van der Waals surface area contributed by atoms with Crippen LogP contribution in [0.4, 0.5) is 0 Å². The summed E-state index contributed by atoms with van der Waals surface area (Å²) in [5.74, 6) is 0.463. The summed E-state index contributed by atoms with van der Waals surface area (Å²) in [5.41, 5.74) is 2.08. The first-order chi connectivity index (χ1) is 14.4. The second-order valence-electron chi connectivity index (χ2n) is 10.5. The first-order valence-corrected chi connectivity index (χ1v) is 13.0. The normalized spacial score (nSPS) is 46.6. The van der Waals surface area contributed by atoms with E-state index in [0.717, 1.165) is 58.2 Å². The molecule has 0 aromatic heterocycles. The van der Waals surface area contributed by atoms with Crippen LogP contribution in [0.3, 0.4) is 0 Å². The molecule has 0 unspecified atom stereocenters. The Morgan fingerprint density at radius 1 is 1.00 bits per heavy atom. The van der Waals surface area contributed by atoms with Crippen molar-refractivity contribution in [3.63, 3.8) is 0 Å². The Kier molecular flexibility index (Phi) is 4.81. The van der Waals surface area contributed by atoms with Gasteiger partial charge in [0.1, 0.15) is 0 Å². The van der Waals surface area contributed by atoms with Gasteiger partial charge in [-0.1, -0.05) is 41.2 Å². The van der Waals surface area contributed by atoms with Crippen molar-refractivity contribution in [2.24, 2.45) is 23.2 Å². The predicted molar refractivity (Wildman–Crippen MR) is 120 cm³/mol. The van der Waals surface area contributed by atoms with Gasteiger partial charge in [0.15, 0.2) is 11.6 Å². The van der Waals surface area contributed by atoms with Crippen molar-refractivity contribution >= 4 is 22.6 Å². The Labute approximate surface area is 192 Å². The maximum absolute atomic E-state index is 11.9. The predicted octanol–water partition coefficient (Wildman–Crippen LogP) is 4.48. The van der Waals surface area contributed by atoms with Crippen molar-refractivity contribution in [3.8, 4) is 0 Å². The molecule has 5 atom stereocenters. The van der Waals surface area contributed by atoms with Gasteiger partial charge < -0.3 is 24.1 Å². The fourth-order valence-electron chi connectivity index (χ4n) is 8.21. The summed E-state index contributed by atoms with van der Waals surface area (Å²) in [6.45, 7) is 5.15. The largest absolute Gasteiger partial charge is 0.385 e. The van der Waals surface area contributed by atoms with Crippen LogP contribution in [0.5, 0.6) is 0 Å². The smallest absolute Gasteiger partial charge is 0.174 e. The summed E-state index contributed by atoms with van der Waals surface area (Å²) in [7, 11) is 0. The topological polar surface area (TPSA) is 57.2 Å². The number of ether oxygens (including phenoxy) is 4. The number of aliphatic hydroxyl groups is 1. The maximum Gasteiger partial charge on any atom is 0.174 e. The van der Waals surface area contributed by atoms with Gasteiger partial charge in [-0.15, -0.1) is 0 Å². The number of hydrogen-bond donors (Lipinski definition) is 1. The van der Waals surface area contributed by atoms with Crippen LogP contribution in [0.25, 0.3) is 0 Å². The summed E-state index contributed by atoms with van der Waals surface area (Å²) >= 11 is 2.35. The van der Waals surface area contributed by atoms with Gasteiger partial charge in [0.2, 0.25) is 0 Å². The average molecular weight is 528 g/mol. The molecular formula is C24H33IO5. The summed E-state index contributed by atoms with van der Waals surface area (Å²) in [4.78, 5) is 0. The SMILES string of the molecule is C[C@]12C[C@H](/C=C\I)C3=C4CCC5(C[C@]4(O)CC[C@H]3[C@@H]1CCC21OCCO1)OCCO5. The molecule has 6 rings (SSSR count). The standard InChI is InChI=1S/C24H33IO5/c1-21-14-16(5-9-25)20-17(18(21)4-8-24(21)29-12-13-30-24)2-6-22(26)15-23(7-3-19(20)22)27-10-11-28-23/h5,9,16-18,26H,2-4,6-8,10-15H2,1H3/b9-5-/t16-,17-,18-,21-,22+/m0/s1. The summed E-state index contributed by atoms with van der Waals surface area (Å²) in [6, 6.07) is 0. The molecule has 1 N–H and O–H groups in total. The summed E-state index contributed by atoms with van der Waals surface area (Å²) < 4.78 is 26.8. The lowest BCUT2D eigenvalue weighted by Gasteiger charge is -2.56. The minimum Gasteiger partial charge on any atom is -0.385 e. The molecule has 6 aliphatic rings. The van der Waals surface area contributed by atoms with E-state index in [9.17, 15) is 5.11 Å². The lowest BCUT2D eigenvalue weighted by Crippen LogP contribution is -2.56. The molecule has 2 spiro atoms. The van der Waals surface area contributed by atoms with Crippen molar-refractivity contribution in [3.05, 3.63) is 21.3 Å². The van der Waals surface area contributed by atoms with Crippen molar-refractivity contribution < 1.29 is 24.1 Å². The van der Waals surface area contributed by atoms with Gasteiger partial charge in [-0.3, -0.25) is 0 Å². The molecule has 2 aliphatic heterocycles. The van der Waals surface area contributed by atoms with E-state index in [0.29, 0.717) is 37.4 Å². The van der Waals surface area contributed by atoms with Gasteiger partial charge in [-0.2, -0.15) is 0 Å². The zero-order chi connectivity index (χ0) is 20.6. The lowest BCUT2D eigenvalue weighted by molar-refractivity contribution is -0.237. The number of rotatable bonds is 1. The molecule has 0 radical (unpaired) electrons. The van der Waals surface area contributed by atoms with Crippen LogP contribution in [0.1, 0.15) is 58.3 Å². The molecule has 0 bridgehead atoms. The fraction of sp³-hybridized carbons (Fsp3) is 0.833. The molecule has 0 aromatic carbocycles. The molecule has 166 valence electrons. The Hall–Kier alpha value is 0.01000. The molecule has 0 amide bonds. The summed E-state index contributed by atoms with van der Waals surface area (Å²) in [6.07, 6.45) is 9.74. The van der Waals surface area contributed by atoms with E-state index >= 15 is 0 Å². The third-order valence-electron chi connectivity index (χ3n) is 9.37. The van der Waals surface area contributed by atoms with Crippen LogP contribution in [-0.4, -0.2) is 48.7 Å². The molecule has 2 heterocycles. The number of allylic oxidation sites excluding steroid dienone is 2. The molecule has 6 heteroatoms. The third-order valence-corrected chi connectivity index (χ3v) is 9.79. The van der Waals surface area contributed by atoms with Gasteiger partial charge in [0.25, 0.3) is 0 Å². The van der Waals surface area contributed by atoms with E-state index in [4.69, 9.17) is 18.9 Å². The number of hydrogen-bond acceptors (Lipinski definition) is 5. The molecule has 4 aliphatic carbocycles. The highest BCUT2D eigenvalue weighted by atomic mass is 127. The molecule has 0 aromatic rings. The van der Waals surface area contributed by atoms with E-state index in [2.05, 4.69) is 39.7 Å². The monoisotopic (exact) mass is 528 g/mol. The third kappa shape index (κ3) is 2.70. The van der Waals surface area contributed by atoms with Crippen LogP contribution in [-0.2, 0) is 18.9 Å². The summed E-state index contributed by atoms with van der Waals surface area (Å²) in [5, 5.41) is 11.9. The van der Waals surface area contributed by atoms with Crippen molar-refractivity contribution in [2.75, 3.05) is 26.4 Å². The van der Waals surface area contributed by atoms with Gasteiger partial charge in [-0.25, -0.2) is 0 Å². The van der Waals surface area contributed by atoms with E-state index in [-0.39, 0.29) is 5.41 Å². The van der Waals surface area contributed by atoms with E-state index < -0.39 is 17.2 Å². The molecule has 2 saturated heterocycles.